The first-order valence-electron chi connectivity index (χ1n) is 15.8. The van der Waals surface area contributed by atoms with E-state index in [1.807, 2.05) is 12.1 Å². The number of methoxy groups -OCH3 is 1. The van der Waals surface area contributed by atoms with Gasteiger partial charge in [0.2, 0.25) is 5.91 Å². The van der Waals surface area contributed by atoms with E-state index in [2.05, 4.69) is 22.3 Å². The van der Waals surface area contributed by atoms with Crippen LogP contribution in [0.5, 0.6) is 5.75 Å². The van der Waals surface area contributed by atoms with Gasteiger partial charge in [0, 0.05) is 37.0 Å². The number of ether oxygens (including phenoxy) is 2. The van der Waals surface area contributed by atoms with E-state index in [1.165, 1.54) is 82.1 Å². The molecule has 1 N–H and O–H groups in total. The molecule has 3 aliphatic rings. The van der Waals surface area contributed by atoms with Crippen LogP contribution in [0, 0.1) is 35.3 Å². The zero-order valence-corrected chi connectivity index (χ0v) is 25.2. The van der Waals surface area contributed by atoms with Crippen molar-refractivity contribution in [3.8, 4) is 16.9 Å². The third-order valence-corrected chi connectivity index (χ3v) is 9.65. The molecule has 1 amide bonds. The number of carbonyl (C=O) groups is 2. The molecule has 4 unspecified atom stereocenters. The van der Waals surface area contributed by atoms with Gasteiger partial charge in [-0.25, -0.2) is 13.6 Å². The quantitative estimate of drug-likeness (QED) is 0.260. The van der Waals surface area contributed by atoms with Crippen LogP contribution in [0.2, 0.25) is 0 Å². The molecule has 0 spiro atoms. The number of likely N-dealkylation sites (tertiary alicyclic amines) is 1. The minimum atomic E-state index is -0.834. The number of amides is 1. The Kier molecular flexibility index (Phi) is 9.26. The SMILES string of the molecule is COC(=O)c1c(F)cccc1-c1ccc(CNC(=O)C2CC2COc2ccc(CN3CCC4CCCCC4C3)cc2)c(F)c1. The Morgan fingerprint density at radius 1 is 0.955 bits per heavy atom. The fourth-order valence-corrected chi connectivity index (χ4v) is 6.97. The minimum absolute atomic E-state index is 0.0297. The molecule has 2 saturated carbocycles. The third kappa shape index (κ3) is 6.96. The van der Waals surface area contributed by atoms with Gasteiger partial charge in [-0.05, 0) is 78.6 Å². The van der Waals surface area contributed by atoms with E-state index in [0.29, 0.717) is 17.7 Å². The van der Waals surface area contributed by atoms with Crippen LogP contribution in [0.1, 0.15) is 60.0 Å². The number of rotatable bonds is 10. The first-order chi connectivity index (χ1) is 21.4. The standard InChI is InChI=1S/C36H40F2N2O4/c1-43-36(42)34-30(7-4-8-32(34)37)25-11-12-26(33(38)18-25)19-39-35(41)31-17-28(31)22-44-29-13-9-23(10-14-29)20-40-16-15-24-5-2-3-6-27(24)21-40/h4,7-14,18,24,27-28,31H,2-3,5-6,15-17,19-22H2,1H3,(H,39,41). The van der Waals surface area contributed by atoms with Gasteiger partial charge in [0.05, 0.1) is 13.7 Å². The lowest BCUT2D eigenvalue weighted by molar-refractivity contribution is -0.122. The lowest BCUT2D eigenvalue weighted by atomic mass is 9.75. The fourth-order valence-electron chi connectivity index (χ4n) is 6.97. The van der Waals surface area contributed by atoms with E-state index >= 15 is 0 Å². The number of nitrogens with zero attached hydrogens (tertiary/aromatic N) is 1. The molecule has 1 aliphatic heterocycles. The summed E-state index contributed by atoms with van der Waals surface area (Å²) >= 11 is 0. The number of piperidine rings is 1. The Hall–Kier alpha value is -3.78. The molecule has 1 heterocycles. The van der Waals surface area contributed by atoms with Crippen molar-refractivity contribution in [3.63, 3.8) is 0 Å². The molecule has 44 heavy (non-hydrogen) atoms. The number of benzene rings is 3. The summed E-state index contributed by atoms with van der Waals surface area (Å²) in [6, 6.07) is 16.8. The molecule has 3 aromatic rings. The predicted octanol–water partition coefficient (Wildman–Crippen LogP) is 6.76. The first kappa shape index (κ1) is 30.3. The topological polar surface area (TPSA) is 67.9 Å². The number of nitrogens with one attached hydrogen (secondary N) is 1. The van der Waals surface area contributed by atoms with Crippen molar-refractivity contribution >= 4 is 11.9 Å². The lowest BCUT2D eigenvalue weighted by Crippen LogP contribution is -2.41. The zero-order valence-electron chi connectivity index (χ0n) is 25.2. The molecule has 1 saturated heterocycles. The third-order valence-electron chi connectivity index (χ3n) is 9.65. The first-order valence-corrected chi connectivity index (χ1v) is 15.8. The van der Waals surface area contributed by atoms with Crippen molar-refractivity contribution in [1.29, 1.82) is 0 Å². The number of fused-ring (bicyclic) bond motifs is 1. The van der Waals surface area contributed by atoms with Crippen LogP contribution in [0.15, 0.2) is 60.7 Å². The number of hydrogen-bond acceptors (Lipinski definition) is 5. The molecule has 0 aromatic heterocycles. The molecule has 232 valence electrons. The maximum absolute atomic E-state index is 14.9. The van der Waals surface area contributed by atoms with Gasteiger partial charge >= 0.3 is 5.97 Å². The lowest BCUT2D eigenvalue weighted by Gasteiger charge is -2.41. The molecule has 8 heteroatoms. The van der Waals surface area contributed by atoms with Crippen molar-refractivity contribution in [2.24, 2.45) is 23.7 Å². The smallest absolute Gasteiger partial charge is 0.341 e. The summed E-state index contributed by atoms with van der Waals surface area (Å²) in [5.41, 5.74) is 1.93. The van der Waals surface area contributed by atoms with Crippen LogP contribution in [0.4, 0.5) is 8.78 Å². The van der Waals surface area contributed by atoms with Gasteiger partial charge in [-0.2, -0.15) is 0 Å². The van der Waals surface area contributed by atoms with Gasteiger partial charge < -0.3 is 14.8 Å². The zero-order chi connectivity index (χ0) is 30.6. The van der Waals surface area contributed by atoms with Gasteiger partial charge in [-0.3, -0.25) is 9.69 Å². The second-order valence-electron chi connectivity index (χ2n) is 12.6. The molecule has 0 radical (unpaired) electrons. The number of halogens is 2. The van der Waals surface area contributed by atoms with Crippen LogP contribution >= 0.6 is 0 Å². The van der Waals surface area contributed by atoms with Crippen LogP contribution in [0.25, 0.3) is 11.1 Å². The Morgan fingerprint density at radius 2 is 1.75 bits per heavy atom. The second kappa shape index (κ2) is 13.5. The van der Waals surface area contributed by atoms with Gasteiger partial charge in [-0.15, -0.1) is 0 Å². The molecule has 6 rings (SSSR count). The van der Waals surface area contributed by atoms with Crippen LogP contribution < -0.4 is 10.1 Å². The molecule has 6 nitrogen and oxygen atoms in total. The van der Waals surface area contributed by atoms with Crippen LogP contribution in [0.3, 0.4) is 0 Å². The average molecular weight is 603 g/mol. The summed E-state index contributed by atoms with van der Waals surface area (Å²) in [4.78, 5) is 27.4. The molecule has 3 fully saturated rings. The summed E-state index contributed by atoms with van der Waals surface area (Å²) in [6.45, 7) is 3.89. The van der Waals surface area contributed by atoms with Crippen LogP contribution in [-0.4, -0.2) is 43.6 Å². The van der Waals surface area contributed by atoms with Crippen molar-refractivity contribution in [2.75, 3.05) is 26.8 Å². The second-order valence-corrected chi connectivity index (χ2v) is 12.6. The largest absolute Gasteiger partial charge is 0.493 e. The van der Waals surface area contributed by atoms with E-state index in [0.717, 1.165) is 36.6 Å². The highest BCUT2D eigenvalue weighted by Gasteiger charge is 2.43. The van der Waals surface area contributed by atoms with Crippen molar-refractivity contribution in [1.82, 2.24) is 10.2 Å². The van der Waals surface area contributed by atoms with Crippen LogP contribution in [-0.2, 0) is 22.6 Å². The van der Waals surface area contributed by atoms with E-state index in [1.54, 1.807) is 6.07 Å². The highest BCUT2D eigenvalue weighted by Crippen LogP contribution is 2.39. The van der Waals surface area contributed by atoms with Gasteiger partial charge in [0.15, 0.2) is 0 Å². The molecular weight excluding hydrogens is 562 g/mol. The van der Waals surface area contributed by atoms with Crippen molar-refractivity contribution in [3.05, 3.63) is 89.0 Å². The number of carbonyl (C=O) groups excluding carboxylic acids is 2. The molecule has 0 bridgehead atoms. The van der Waals surface area contributed by atoms with Gasteiger partial charge in [0.25, 0.3) is 0 Å². The summed E-state index contributed by atoms with van der Waals surface area (Å²) in [5.74, 6) is 0.333. The maximum Gasteiger partial charge on any atom is 0.341 e. The average Bonchev–Trinajstić information content (AvgIpc) is 3.83. The summed E-state index contributed by atoms with van der Waals surface area (Å²) in [7, 11) is 1.17. The maximum atomic E-state index is 14.9. The Labute approximate surface area is 257 Å². The number of esters is 1. The Balaban J connectivity index is 0.950. The highest BCUT2D eigenvalue weighted by molar-refractivity contribution is 5.97. The molecule has 4 atom stereocenters. The molecule has 3 aromatic carbocycles. The summed E-state index contributed by atoms with van der Waals surface area (Å²) in [5, 5.41) is 2.83. The van der Waals surface area contributed by atoms with E-state index < -0.39 is 17.6 Å². The highest BCUT2D eigenvalue weighted by atomic mass is 19.1. The van der Waals surface area contributed by atoms with E-state index in [4.69, 9.17) is 9.47 Å². The Bertz CT molecular complexity index is 1490. The van der Waals surface area contributed by atoms with Gasteiger partial charge in [-0.1, -0.05) is 55.7 Å². The summed E-state index contributed by atoms with van der Waals surface area (Å²) < 4.78 is 39.9. The normalized spacial score (nSPS) is 23.0. The fraction of sp³-hybridized carbons (Fsp3) is 0.444. The summed E-state index contributed by atoms with van der Waals surface area (Å²) in [6.07, 6.45) is 7.67. The number of hydrogen-bond donors (Lipinski definition) is 1. The predicted molar refractivity (Wildman–Crippen MR) is 164 cm³/mol. The monoisotopic (exact) mass is 602 g/mol. The minimum Gasteiger partial charge on any atom is -0.493 e. The van der Waals surface area contributed by atoms with Crippen molar-refractivity contribution in [2.45, 2.75) is 51.6 Å². The van der Waals surface area contributed by atoms with E-state index in [-0.39, 0.29) is 35.4 Å². The van der Waals surface area contributed by atoms with E-state index in [9.17, 15) is 18.4 Å². The molecule has 2 aliphatic carbocycles. The van der Waals surface area contributed by atoms with Crippen molar-refractivity contribution < 1.29 is 27.8 Å². The Morgan fingerprint density at radius 3 is 2.52 bits per heavy atom. The molecular formula is C36H40F2N2O4. The van der Waals surface area contributed by atoms with Gasteiger partial charge in [0.1, 0.15) is 22.9 Å².